The molecule has 8 heteroatoms. The van der Waals surface area contributed by atoms with Crippen LogP contribution in [0.5, 0.6) is 11.5 Å². The van der Waals surface area contributed by atoms with Crippen molar-refractivity contribution in [2.75, 3.05) is 24.5 Å². The first-order valence-corrected chi connectivity index (χ1v) is 12.6. The minimum absolute atomic E-state index is 0.112. The number of carbonyl (C=O) groups excluding carboxylic acids is 1. The van der Waals surface area contributed by atoms with Crippen LogP contribution in [-0.2, 0) is 16.4 Å². The van der Waals surface area contributed by atoms with E-state index < -0.39 is 10.0 Å². The third-order valence-corrected chi connectivity index (χ3v) is 7.98. The van der Waals surface area contributed by atoms with Gasteiger partial charge in [0.15, 0.2) is 0 Å². The molecule has 2 aliphatic rings. The van der Waals surface area contributed by atoms with Crippen LogP contribution < -0.4 is 9.64 Å². The molecule has 33 heavy (non-hydrogen) atoms. The standard InChI is InChI=1S/C25H25N3O4S/c29-25(19-7-9-21(10-8-19)32-22-6-3-13-26-18-22)28-16-4-5-20-17-23(11-12-24(20)28)33(30,31)27-14-1-2-15-27/h3,6-13,17-18H,1-2,4-5,14-16H2. The second kappa shape index (κ2) is 8.96. The number of hydrogen-bond acceptors (Lipinski definition) is 5. The number of aryl methyl sites for hydroxylation is 1. The van der Waals surface area contributed by atoms with Crippen LogP contribution in [0.1, 0.15) is 35.2 Å². The summed E-state index contributed by atoms with van der Waals surface area (Å²) in [6.07, 6.45) is 6.64. The number of aromatic nitrogens is 1. The lowest BCUT2D eigenvalue weighted by Gasteiger charge is -2.30. The minimum Gasteiger partial charge on any atom is -0.456 e. The lowest BCUT2D eigenvalue weighted by atomic mass is 10.0. The van der Waals surface area contributed by atoms with Gasteiger partial charge in [-0.05, 0) is 85.8 Å². The zero-order valence-electron chi connectivity index (χ0n) is 18.2. The lowest BCUT2D eigenvalue weighted by Crippen LogP contribution is -2.35. The molecular weight excluding hydrogens is 438 g/mol. The molecule has 0 spiro atoms. The van der Waals surface area contributed by atoms with Crippen molar-refractivity contribution in [1.82, 2.24) is 9.29 Å². The molecule has 0 atom stereocenters. The zero-order valence-corrected chi connectivity index (χ0v) is 19.0. The summed E-state index contributed by atoms with van der Waals surface area (Å²) in [5, 5.41) is 0. The van der Waals surface area contributed by atoms with Crippen LogP contribution in [0.25, 0.3) is 0 Å². The Bertz CT molecular complexity index is 1250. The molecule has 2 aromatic carbocycles. The quantitative estimate of drug-likeness (QED) is 0.565. The van der Waals surface area contributed by atoms with Crippen LogP contribution in [0.15, 0.2) is 71.9 Å². The van der Waals surface area contributed by atoms with Crippen LogP contribution >= 0.6 is 0 Å². The maximum absolute atomic E-state index is 13.3. The molecule has 1 saturated heterocycles. The smallest absolute Gasteiger partial charge is 0.258 e. The number of benzene rings is 2. The average Bonchev–Trinajstić information content (AvgIpc) is 3.40. The van der Waals surface area contributed by atoms with Gasteiger partial charge in [-0.1, -0.05) is 0 Å². The van der Waals surface area contributed by atoms with Crippen LogP contribution in [0.3, 0.4) is 0 Å². The van der Waals surface area contributed by atoms with Gasteiger partial charge in [0.2, 0.25) is 10.0 Å². The number of ether oxygens (including phenoxy) is 1. The van der Waals surface area contributed by atoms with Crippen LogP contribution in [0.4, 0.5) is 5.69 Å². The Balaban J connectivity index is 1.36. The molecule has 0 bridgehead atoms. The van der Waals surface area contributed by atoms with Crippen molar-refractivity contribution in [3.05, 3.63) is 78.1 Å². The predicted molar refractivity (Wildman–Crippen MR) is 125 cm³/mol. The first kappa shape index (κ1) is 21.6. The second-order valence-corrected chi connectivity index (χ2v) is 10.2. The van der Waals surface area contributed by atoms with E-state index in [0.717, 1.165) is 36.9 Å². The summed E-state index contributed by atoms with van der Waals surface area (Å²) >= 11 is 0. The fourth-order valence-corrected chi connectivity index (χ4v) is 5.96. The van der Waals surface area contributed by atoms with E-state index in [1.165, 1.54) is 0 Å². The predicted octanol–water partition coefficient (Wildman–Crippen LogP) is 4.25. The van der Waals surface area contributed by atoms with Crippen molar-refractivity contribution >= 4 is 21.6 Å². The van der Waals surface area contributed by atoms with Crippen molar-refractivity contribution in [3.63, 3.8) is 0 Å². The highest BCUT2D eigenvalue weighted by Gasteiger charge is 2.30. The van der Waals surface area contributed by atoms with Gasteiger partial charge in [-0.2, -0.15) is 4.31 Å². The number of anilines is 1. The number of pyridine rings is 1. The van der Waals surface area contributed by atoms with E-state index in [1.807, 2.05) is 6.07 Å². The summed E-state index contributed by atoms with van der Waals surface area (Å²) in [4.78, 5) is 19.4. The van der Waals surface area contributed by atoms with Gasteiger partial charge in [0, 0.05) is 37.1 Å². The summed E-state index contributed by atoms with van der Waals surface area (Å²) in [6.45, 7) is 1.74. The summed E-state index contributed by atoms with van der Waals surface area (Å²) in [6, 6.07) is 15.8. The van der Waals surface area contributed by atoms with Gasteiger partial charge in [-0.25, -0.2) is 8.42 Å². The van der Waals surface area contributed by atoms with E-state index in [9.17, 15) is 13.2 Å². The van der Waals surface area contributed by atoms with Gasteiger partial charge < -0.3 is 9.64 Å². The first-order valence-electron chi connectivity index (χ1n) is 11.2. The second-order valence-electron chi connectivity index (χ2n) is 8.28. The molecule has 5 rings (SSSR count). The van der Waals surface area contributed by atoms with Crippen molar-refractivity contribution < 1.29 is 17.9 Å². The largest absolute Gasteiger partial charge is 0.456 e. The Morgan fingerprint density at radius 2 is 1.70 bits per heavy atom. The van der Waals surface area contributed by atoms with Gasteiger partial charge in [0.25, 0.3) is 5.91 Å². The fraction of sp³-hybridized carbons (Fsp3) is 0.280. The minimum atomic E-state index is -3.48. The summed E-state index contributed by atoms with van der Waals surface area (Å²) in [7, 11) is -3.48. The van der Waals surface area contributed by atoms with Crippen LogP contribution in [0, 0.1) is 0 Å². The third-order valence-electron chi connectivity index (χ3n) is 6.09. The molecule has 0 unspecified atom stereocenters. The van der Waals surface area contributed by atoms with Crippen LogP contribution in [-0.4, -0.2) is 43.2 Å². The van der Waals surface area contributed by atoms with Gasteiger partial charge in [-0.3, -0.25) is 9.78 Å². The molecule has 3 aromatic rings. The number of rotatable bonds is 5. The third kappa shape index (κ3) is 4.36. The highest BCUT2D eigenvalue weighted by molar-refractivity contribution is 7.89. The summed E-state index contributed by atoms with van der Waals surface area (Å²) in [5.74, 6) is 1.13. The van der Waals surface area contributed by atoms with Crippen molar-refractivity contribution in [2.45, 2.75) is 30.6 Å². The highest BCUT2D eigenvalue weighted by atomic mass is 32.2. The summed E-state index contributed by atoms with van der Waals surface area (Å²) < 4.78 is 33.2. The van der Waals surface area contributed by atoms with Gasteiger partial charge in [0.05, 0.1) is 11.1 Å². The Labute approximate surface area is 193 Å². The average molecular weight is 464 g/mol. The van der Waals surface area contributed by atoms with Crippen LogP contribution in [0.2, 0.25) is 0 Å². The van der Waals surface area contributed by atoms with Gasteiger partial charge in [-0.15, -0.1) is 0 Å². The molecule has 1 fully saturated rings. The molecule has 7 nitrogen and oxygen atoms in total. The molecule has 2 aliphatic heterocycles. The molecule has 0 N–H and O–H groups in total. The number of amides is 1. The zero-order chi connectivity index (χ0) is 22.8. The molecule has 0 aliphatic carbocycles. The maximum Gasteiger partial charge on any atom is 0.258 e. The Kier molecular flexibility index (Phi) is 5.86. The molecule has 0 radical (unpaired) electrons. The van der Waals surface area contributed by atoms with E-state index >= 15 is 0 Å². The van der Waals surface area contributed by atoms with Gasteiger partial charge >= 0.3 is 0 Å². The van der Waals surface area contributed by atoms with Crippen molar-refractivity contribution in [3.8, 4) is 11.5 Å². The van der Waals surface area contributed by atoms with E-state index in [4.69, 9.17) is 4.74 Å². The van der Waals surface area contributed by atoms with E-state index in [0.29, 0.717) is 41.6 Å². The fourth-order valence-electron chi connectivity index (χ4n) is 4.39. The SMILES string of the molecule is O=C(c1ccc(Oc2cccnc2)cc1)N1CCCc2cc(S(=O)(=O)N3CCCC3)ccc21. The van der Waals surface area contributed by atoms with Crippen molar-refractivity contribution in [2.24, 2.45) is 0 Å². The highest BCUT2D eigenvalue weighted by Crippen LogP contribution is 2.32. The monoisotopic (exact) mass is 463 g/mol. The number of carbonyl (C=O) groups is 1. The topological polar surface area (TPSA) is 79.8 Å². The molecular formula is C25H25N3O4S. The number of sulfonamides is 1. The first-order chi connectivity index (χ1) is 16.0. The Morgan fingerprint density at radius 1 is 0.909 bits per heavy atom. The Hall–Kier alpha value is -3.23. The Morgan fingerprint density at radius 3 is 2.42 bits per heavy atom. The van der Waals surface area contributed by atoms with E-state index in [-0.39, 0.29) is 5.91 Å². The number of fused-ring (bicyclic) bond motifs is 1. The molecule has 1 aromatic heterocycles. The molecule has 3 heterocycles. The van der Waals surface area contributed by atoms with E-state index in [2.05, 4.69) is 4.98 Å². The van der Waals surface area contributed by atoms with Gasteiger partial charge in [0.1, 0.15) is 11.5 Å². The molecule has 1 amide bonds. The van der Waals surface area contributed by atoms with E-state index in [1.54, 1.807) is 70.1 Å². The lowest BCUT2D eigenvalue weighted by molar-refractivity contribution is 0.0985. The molecule has 170 valence electrons. The number of hydrogen-bond donors (Lipinski definition) is 0. The summed E-state index contributed by atoms with van der Waals surface area (Å²) in [5.41, 5.74) is 2.23. The normalized spacial score (nSPS) is 16.4. The number of nitrogens with zero attached hydrogens (tertiary/aromatic N) is 3. The maximum atomic E-state index is 13.3. The van der Waals surface area contributed by atoms with Crippen molar-refractivity contribution in [1.29, 1.82) is 0 Å². The molecule has 0 saturated carbocycles.